The third-order valence-electron chi connectivity index (χ3n) is 4.77. The number of thioether (sulfide) groups is 1. The average Bonchev–Trinajstić information content (AvgIpc) is 2.99. The SMILES string of the molecule is Cn1nc([C@@]2(c3ccc(F)cc3F)OC[C@H]2c2ccccc2Cl)nc1SC#N. The van der Waals surface area contributed by atoms with Crippen molar-refractivity contribution in [1.29, 1.82) is 5.26 Å². The van der Waals surface area contributed by atoms with E-state index in [9.17, 15) is 8.78 Å². The summed E-state index contributed by atoms with van der Waals surface area (Å²) in [4.78, 5) is 4.40. The molecule has 2 atom stereocenters. The molecular formula is C19H13ClF2N4OS. The molecule has 0 spiro atoms. The lowest BCUT2D eigenvalue weighted by molar-refractivity contribution is -0.156. The fourth-order valence-electron chi connectivity index (χ4n) is 3.45. The van der Waals surface area contributed by atoms with E-state index in [2.05, 4.69) is 10.1 Å². The summed E-state index contributed by atoms with van der Waals surface area (Å²) in [5.74, 6) is -1.66. The molecule has 4 rings (SSSR count). The molecule has 2 heterocycles. The van der Waals surface area contributed by atoms with E-state index in [1.54, 1.807) is 19.2 Å². The van der Waals surface area contributed by atoms with Crippen molar-refractivity contribution in [3.05, 3.63) is 76.1 Å². The second-order valence-electron chi connectivity index (χ2n) is 6.28. The molecule has 142 valence electrons. The Morgan fingerprint density at radius 3 is 2.75 bits per heavy atom. The molecule has 0 saturated carbocycles. The summed E-state index contributed by atoms with van der Waals surface area (Å²) in [6, 6.07) is 10.5. The Balaban J connectivity index is 1.93. The zero-order valence-electron chi connectivity index (χ0n) is 14.6. The van der Waals surface area contributed by atoms with Crippen LogP contribution in [-0.4, -0.2) is 21.4 Å². The zero-order chi connectivity index (χ0) is 19.9. The highest BCUT2D eigenvalue weighted by Gasteiger charge is 2.57. The van der Waals surface area contributed by atoms with Gasteiger partial charge in [-0.25, -0.2) is 18.4 Å². The van der Waals surface area contributed by atoms with Gasteiger partial charge in [0.15, 0.2) is 11.4 Å². The summed E-state index contributed by atoms with van der Waals surface area (Å²) in [5.41, 5.74) is -0.514. The highest BCUT2D eigenvalue weighted by atomic mass is 35.5. The van der Waals surface area contributed by atoms with Crippen LogP contribution < -0.4 is 0 Å². The molecule has 1 fully saturated rings. The van der Waals surface area contributed by atoms with Gasteiger partial charge in [-0.05, 0) is 23.8 Å². The molecule has 2 aromatic carbocycles. The van der Waals surface area contributed by atoms with Crippen molar-refractivity contribution in [1.82, 2.24) is 14.8 Å². The van der Waals surface area contributed by atoms with E-state index in [0.29, 0.717) is 10.2 Å². The Hall–Kier alpha value is -2.47. The molecule has 1 aliphatic rings. The van der Waals surface area contributed by atoms with Crippen LogP contribution in [0.1, 0.15) is 22.9 Å². The van der Waals surface area contributed by atoms with Gasteiger partial charge in [0.2, 0.25) is 5.16 Å². The van der Waals surface area contributed by atoms with E-state index in [-0.39, 0.29) is 23.9 Å². The second kappa shape index (κ2) is 7.17. The number of aryl methyl sites for hydroxylation is 1. The molecule has 28 heavy (non-hydrogen) atoms. The number of rotatable bonds is 4. The van der Waals surface area contributed by atoms with E-state index in [0.717, 1.165) is 23.4 Å². The molecule has 3 aromatic rings. The summed E-state index contributed by atoms with van der Waals surface area (Å²) >= 11 is 7.22. The zero-order valence-corrected chi connectivity index (χ0v) is 16.1. The van der Waals surface area contributed by atoms with E-state index in [1.807, 2.05) is 17.5 Å². The molecule has 9 heteroatoms. The molecule has 1 aliphatic heterocycles. The smallest absolute Gasteiger partial charge is 0.201 e. The number of ether oxygens (including phenoxy) is 1. The molecule has 0 amide bonds. The van der Waals surface area contributed by atoms with Crippen molar-refractivity contribution in [2.75, 3.05) is 6.61 Å². The van der Waals surface area contributed by atoms with Crippen LogP contribution in [0.4, 0.5) is 8.78 Å². The van der Waals surface area contributed by atoms with Crippen LogP contribution in [0.25, 0.3) is 0 Å². The predicted molar refractivity (Wildman–Crippen MR) is 99.8 cm³/mol. The van der Waals surface area contributed by atoms with Crippen LogP contribution >= 0.6 is 23.4 Å². The van der Waals surface area contributed by atoms with E-state index in [4.69, 9.17) is 21.6 Å². The summed E-state index contributed by atoms with van der Waals surface area (Å²) in [5, 5.41) is 16.1. The number of nitriles is 1. The molecule has 5 nitrogen and oxygen atoms in total. The minimum absolute atomic E-state index is 0.115. The first-order chi connectivity index (χ1) is 13.5. The van der Waals surface area contributed by atoms with E-state index >= 15 is 0 Å². The van der Waals surface area contributed by atoms with Crippen molar-refractivity contribution < 1.29 is 13.5 Å². The van der Waals surface area contributed by atoms with Crippen molar-refractivity contribution >= 4 is 23.4 Å². The summed E-state index contributed by atoms with van der Waals surface area (Å²) in [7, 11) is 1.63. The fourth-order valence-corrected chi connectivity index (χ4v) is 4.11. The Morgan fingerprint density at radius 2 is 2.11 bits per heavy atom. The van der Waals surface area contributed by atoms with Crippen LogP contribution in [0.15, 0.2) is 47.6 Å². The van der Waals surface area contributed by atoms with Gasteiger partial charge in [-0.3, -0.25) is 0 Å². The standard InChI is InChI=1S/C19H13ClF2N4OS/c1-26-18(28-10-23)24-17(25-26)19(13-7-6-11(21)8-16(13)22)14(9-27-19)12-4-2-3-5-15(12)20/h2-8,14H,9H2,1H3/t14-,19-/m0/s1. The Kier molecular flexibility index (Phi) is 4.83. The van der Waals surface area contributed by atoms with Crippen LogP contribution in [-0.2, 0) is 17.4 Å². The average molecular weight is 419 g/mol. The maximum Gasteiger partial charge on any atom is 0.201 e. The predicted octanol–water partition coefficient (Wildman–Crippen LogP) is 4.38. The summed E-state index contributed by atoms with van der Waals surface area (Å²) in [6.07, 6.45) is 0. The normalized spacial score (nSPS) is 21.2. The first kappa shape index (κ1) is 18.9. The van der Waals surface area contributed by atoms with Gasteiger partial charge in [-0.15, -0.1) is 0 Å². The van der Waals surface area contributed by atoms with Crippen molar-refractivity contribution in [3.8, 4) is 5.40 Å². The van der Waals surface area contributed by atoms with E-state index < -0.39 is 17.2 Å². The molecule has 0 radical (unpaired) electrons. The molecule has 0 bridgehead atoms. The molecule has 0 N–H and O–H groups in total. The minimum atomic E-state index is -1.38. The summed E-state index contributed by atoms with van der Waals surface area (Å²) in [6.45, 7) is 0.263. The number of benzene rings is 2. The monoisotopic (exact) mass is 418 g/mol. The quantitative estimate of drug-likeness (QED) is 0.465. The molecule has 0 unspecified atom stereocenters. The van der Waals surface area contributed by atoms with Crippen molar-refractivity contribution in [2.24, 2.45) is 7.05 Å². The van der Waals surface area contributed by atoms with Gasteiger partial charge < -0.3 is 4.74 Å². The lowest BCUT2D eigenvalue weighted by Crippen LogP contribution is -2.51. The van der Waals surface area contributed by atoms with Gasteiger partial charge in [0.1, 0.15) is 17.0 Å². The number of hydrogen-bond acceptors (Lipinski definition) is 5. The van der Waals surface area contributed by atoms with Crippen molar-refractivity contribution in [3.63, 3.8) is 0 Å². The number of nitrogens with zero attached hydrogens (tertiary/aromatic N) is 4. The first-order valence-corrected chi connectivity index (χ1v) is 9.48. The second-order valence-corrected chi connectivity index (χ2v) is 7.44. The Bertz CT molecular complexity index is 1100. The Labute approximate surface area is 168 Å². The number of hydrogen-bond donors (Lipinski definition) is 0. The van der Waals surface area contributed by atoms with Gasteiger partial charge in [0.25, 0.3) is 0 Å². The van der Waals surface area contributed by atoms with Gasteiger partial charge in [0.05, 0.1) is 6.61 Å². The third-order valence-corrected chi connectivity index (χ3v) is 5.75. The lowest BCUT2D eigenvalue weighted by atomic mass is 9.72. The number of halogens is 3. The highest BCUT2D eigenvalue weighted by molar-refractivity contribution is 8.03. The van der Waals surface area contributed by atoms with Crippen molar-refractivity contribution in [2.45, 2.75) is 16.7 Å². The third kappa shape index (κ3) is 2.87. The Morgan fingerprint density at radius 1 is 1.32 bits per heavy atom. The van der Waals surface area contributed by atoms with Gasteiger partial charge in [0, 0.05) is 41.4 Å². The van der Waals surface area contributed by atoms with Gasteiger partial charge in [-0.1, -0.05) is 29.8 Å². The number of aromatic nitrogens is 3. The minimum Gasteiger partial charge on any atom is -0.360 e. The fraction of sp³-hybridized carbons (Fsp3) is 0.211. The molecular weight excluding hydrogens is 406 g/mol. The number of thiocyanates is 1. The molecule has 1 aromatic heterocycles. The lowest BCUT2D eigenvalue weighted by Gasteiger charge is -2.48. The van der Waals surface area contributed by atoms with Crippen LogP contribution in [0.5, 0.6) is 0 Å². The van der Waals surface area contributed by atoms with Crippen LogP contribution in [0, 0.1) is 22.3 Å². The van der Waals surface area contributed by atoms with Gasteiger partial charge >= 0.3 is 0 Å². The first-order valence-electron chi connectivity index (χ1n) is 8.28. The van der Waals surface area contributed by atoms with Crippen LogP contribution in [0.2, 0.25) is 5.02 Å². The molecule has 1 saturated heterocycles. The van der Waals surface area contributed by atoms with Crippen LogP contribution in [0.3, 0.4) is 0 Å². The summed E-state index contributed by atoms with van der Waals surface area (Å²) < 4.78 is 35.7. The highest BCUT2D eigenvalue weighted by Crippen LogP contribution is 2.54. The largest absolute Gasteiger partial charge is 0.360 e. The topological polar surface area (TPSA) is 63.7 Å². The van der Waals surface area contributed by atoms with Gasteiger partial charge in [-0.2, -0.15) is 10.4 Å². The van der Waals surface area contributed by atoms with E-state index in [1.165, 1.54) is 16.8 Å². The maximum atomic E-state index is 14.8. The maximum absolute atomic E-state index is 14.8. The molecule has 0 aliphatic carbocycles.